The average molecular weight is 449 g/mol. The minimum atomic E-state index is -4.72. The van der Waals surface area contributed by atoms with E-state index in [1.807, 2.05) is 13.8 Å². The van der Waals surface area contributed by atoms with Gasteiger partial charge in [0.15, 0.2) is 5.54 Å². The predicted molar refractivity (Wildman–Crippen MR) is 113 cm³/mol. The average Bonchev–Trinajstić information content (AvgIpc) is 2.58. The van der Waals surface area contributed by atoms with Crippen molar-refractivity contribution < 1.29 is 38.2 Å². The van der Waals surface area contributed by atoms with Crippen LogP contribution in [-0.4, -0.2) is 53.1 Å². The molecular weight excluding hydrogens is 413 g/mol. The summed E-state index contributed by atoms with van der Waals surface area (Å²) in [4.78, 5) is 54.8. The molecule has 3 N–H and O–H groups in total. The Balaban J connectivity index is 6.43. The molecule has 10 heteroatoms. The molecule has 30 heavy (non-hydrogen) atoms. The maximum absolute atomic E-state index is 13.0. The van der Waals surface area contributed by atoms with Crippen molar-refractivity contribution in [2.45, 2.75) is 66.3 Å². The van der Waals surface area contributed by atoms with Crippen LogP contribution in [0.1, 0.15) is 60.8 Å². The SMILES string of the molecule is CCOC(=O)C(CP(=O)(O)O)(NC=O)C(=C(CCCCOC(C)=O)C(C)C)C(C)C. The van der Waals surface area contributed by atoms with E-state index < -0.39 is 25.3 Å². The maximum Gasteiger partial charge on any atom is 0.336 e. The highest BCUT2D eigenvalue weighted by atomic mass is 31.2. The first-order valence-corrected chi connectivity index (χ1v) is 11.9. The van der Waals surface area contributed by atoms with Gasteiger partial charge < -0.3 is 24.6 Å². The molecule has 0 fully saturated rings. The lowest BCUT2D eigenvalue weighted by Crippen LogP contribution is -2.58. The Morgan fingerprint density at radius 3 is 2.10 bits per heavy atom. The molecule has 0 bridgehead atoms. The highest BCUT2D eigenvalue weighted by Gasteiger charge is 2.50. The van der Waals surface area contributed by atoms with Crippen LogP contribution in [0, 0.1) is 11.8 Å². The van der Waals surface area contributed by atoms with Crippen LogP contribution in [0.5, 0.6) is 0 Å². The minimum absolute atomic E-state index is 0.00689. The molecule has 1 amide bonds. The van der Waals surface area contributed by atoms with Crippen molar-refractivity contribution >= 4 is 25.9 Å². The van der Waals surface area contributed by atoms with Gasteiger partial charge >= 0.3 is 19.5 Å². The van der Waals surface area contributed by atoms with Gasteiger partial charge in [-0.3, -0.25) is 14.2 Å². The normalized spacial score (nSPS) is 14.7. The van der Waals surface area contributed by atoms with Gasteiger partial charge in [-0.1, -0.05) is 33.3 Å². The van der Waals surface area contributed by atoms with Crippen molar-refractivity contribution in [3.05, 3.63) is 11.1 Å². The number of amides is 1. The van der Waals surface area contributed by atoms with Gasteiger partial charge in [0, 0.05) is 6.92 Å². The fourth-order valence-corrected chi connectivity index (χ4v) is 4.62. The molecule has 0 aliphatic carbocycles. The highest BCUT2D eigenvalue weighted by molar-refractivity contribution is 7.51. The first-order chi connectivity index (χ1) is 13.8. The van der Waals surface area contributed by atoms with Crippen LogP contribution < -0.4 is 5.32 Å². The molecule has 174 valence electrons. The number of ether oxygens (including phenoxy) is 2. The van der Waals surface area contributed by atoms with Crippen LogP contribution in [0.25, 0.3) is 0 Å². The van der Waals surface area contributed by atoms with E-state index in [1.54, 1.807) is 20.8 Å². The predicted octanol–water partition coefficient (Wildman–Crippen LogP) is 2.55. The summed E-state index contributed by atoms with van der Waals surface area (Å²) in [5.74, 6) is -1.63. The molecule has 9 nitrogen and oxygen atoms in total. The van der Waals surface area contributed by atoms with Gasteiger partial charge in [-0.25, -0.2) is 4.79 Å². The van der Waals surface area contributed by atoms with Gasteiger partial charge in [0.1, 0.15) is 0 Å². The number of esters is 2. The molecule has 1 unspecified atom stereocenters. The number of allylic oxidation sites excluding steroid dienone is 1. The van der Waals surface area contributed by atoms with Crippen LogP contribution in [0.15, 0.2) is 11.1 Å². The second-order valence-electron chi connectivity index (χ2n) is 7.76. The number of unbranched alkanes of at least 4 members (excludes halogenated alkanes) is 1. The zero-order chi connectivity index (χ0) is 23.5. The number of carbonyl (C=O) groups excluding carboxylic acids is 3. The van der Waals surface area contributed by atoms with Crippen LogP contribution >= 0.6 is 7.60 Å². The van der Waals surface area contributed by atoms with E-state index in [2.05, 4.69) is 5.32 Å². The third-order valence-corrected chi connectivity index (χ3v) is 5.48. The lowest BCUT2D eigenvalue weighted by Gasteiger charge is -2.38. The van der Waals surface area contributed by atoms with E-state index in [-0.39, 0.29) is 37.4 Å². The topological polar surface area (TPSA) is 139 Å². The molecule has 0 aromatic carbocycles. The van der Waals surface area contributed by atoms with Crippen LogP contribution in [0.4, 0.5) is 0 Å². The van der Waals surface area contributed by atoms with Crippen LogP contribution in [0.3, 0.4) is 0 Å². The number of nitrogens with one attached hydrogen (secondary N) is 1. The third kappa shape index (κ3) is 8.98. The Labute approximate surface area is 178 Å². The van der Waals surface area contributed by atoms with Crippen LogP contribution in [-0.2, 0) is 28.4 Å². The smallest absolute Gasteiger partial charge is 0.336 e. The molecule has 0 saturated heterocycles. The molecule has 0 aromatic rings. The van der Waals surface area contributed by atoms with Gasteiger partial charge in [-0.05, 0) is 43.6 Å². The van der Waals surface area contributed by atoms with E-state index >= 15 is 0 Å². The molecule has 0 heterocycles. The Kier molecular flexibility index (Phi) is 12.1. The molecule has 0 saturated carbocycles. The highest BCUT2D eigenvalue weighted by Crippen LogP contribution is 2.45. The molecule has 0 radical (unpaired) electrons. The van der Waals surface area contributed by atoms with E-state index in [0.29, 0.717) is 24.8 Å². The number of hydrogen-bond donors (Lipinski definition) is 3. The van der Waals surface area contributed by atoms with Crippen molar-refractivity contribution in [1.29, 1.82) is 0 Å². The maximum atomic E-state index is 13.0. The summed E-state index contributed by atoms with van der Waals surface area (Å²) in [6.45, 7) is 10.6. The summed E-state index contributed by atoms with van der Waals surface area (Å²) in [6, 6.07) is 0. The van der Waals surface area contributed by atoms with E-state index in [4.69, 9.17) is 9.47 Å². The van der Waals surface area contributed by atoms with Gasteiger partial charge in [0.25, 0.3) is 0 Å². The monoisotopic (exact) mass is 449 g/mol. The lowest BCUT2D eigenvalue weighted by atomic mass is 9.76. The summed E-state index contributed by atoms with van der Waals surface area (Å²) in [5.41, 5.74) is -0.719. The Morgan fingerprint density at radius 2 is 1.70 bits per heavy atom. The lowest BCUT2D eigenvalue weighted by molar-refractivity contribution is -0.150. The molecule has 0 aliphatic heterocycles. The van der Waals surface area contributed by atoms with E-state index in [9.17, 15) is 28.7 Å². The summed E-state index contributed by atoms with van der Waals surface area (Å²) in [5, 5.41) is 2.40. The number of hydrogen-bond acceptors (Lipinski definition) is 6. The summed E-state index contributed by atoms with van der Waals surface area (Å²) < 4.78 is 22.1. The molecule has 0 spiro atoms. The quantitative estimate of drug-likeness (QED) is 0.121. The van der Waals surface area contributed by atoms with Crippen LogP contribution in [0.2, 0.25) is 0 Å². The van der Waals surface area contributed by atoms with Gasteiger partial charge in [0.2, 0.25) is 6.41 Å². The summed E-state index contributed by atoms with van der Waals surface area (Å²) in [7, 11) is -4.72. The summed E-state index contributed by atoms with van der Waals surface area (Å²) in [6.07, 6.45) is 1.11. The Bertz CT molecular complexity index is 668. The molecule has 0 rings (SSSR count). The second kappa shape index (κ2) is 12.9. The molecule has 0 aliphatic rings. The van der Waals surface area contributed by atoms with Crippen molar-refractivity contribution in [3.63, 3.8) is 0 Å². The Morgan fingerprint density at radius 1 is 1.10 bits per heavy atom. The first-order valence-electron chi connectivity index (χ1n) is 10.1. The zero-order valence-corrected chi connectivity index (χ0v) is 19.7. The summed E-state index contributed by atoms with van der Waals surface area (Å²) >= 11 is 0. The fourth-order valence-electron chi connectivity index (χ4n) is 3.61. The molecule has 0 aromatic heterocycles. The van der Waals surface area contributed by atoms with Gasteiger partial charge in [-0.2, -0.15) is 0 Å². The zero-order valence-electron chi connectivity index (χ0n) is 18.8. The van der Waals surface area contributed by atoms with Crippen molar-refractivity contribution in [2.24, 2.45) is 11.8 Å². The molecule has 1 atom stereocenters. The largest absolute Gasteiger partial charge is 0.466 e. The van der Waals surface area contributed by atoms with Gasteiger partial charge in [0.05, 0.1) is 19.4 Å². The van der Waals surface area contributed by atoms with Crippen molar-refractivity contribution in [2.75, 3.05) is 19.4 Å². The minimum Gasteiger partial charge on any atom is -0.466 e. The third-order valence-electron chi connectivity index (χ3n) is 4.60. The number of carbonyl (C=O) groups is 3. The number of rotatable bonds is 14. The molecular formula is C20H36NO8P. The standard InChI is InChI=1S/C20H36NO8P/c1-7-28-19(24)20(21-13-22,12-30(25,26)27)18(15(4)5)17(14(2)3)10-8-9-11-29-16(6)23/h13-15H,7-12H2,1-6H3,(H,21,22)(H2,25,26,27). The van der Waals surface area contributed by atoms with Crippen molar-refractivity contribution in [3.8, 4) is 0 Å². The van der Waals surface area contributed by atoms with E-state index in [1.165, 1.54) is 6.92 Å². The second-order valence-corrected chi connectivity index (χ2v) is 9.40. The van der Waals surface area contributed by atoms with Crippen molar-refractivity contribution in [1.82, 2.24) is 5.32 Å². The Hall–Kier alpha value is -1.70. The first kappa shape index (κ1) is 28.3. The van der Waals surface area contributed by atoms with Gasteiger partial charge in [-0.15, -0.1) is 0 Å². The van der Waals surface area contributed by atoms with E-state index in [0.717, 1.165) is 5.57 Å². The fraction of sp³-hybridized carbons (Fsp3) is 0.750.